The molecule has 2 amide bonds. The molecule has 2 fully saturated rings. The lowest BCUT2D eigenvalue weighted by molar-refractivity contribution is -0.162. The largest absolute Gasteiger partial charge is 0.481 e. The molecule has 2 aromatic rings. The number of nitrogens with one attached hydrogen (secondary N) is 1. The van der Waals surface area contributed by atoms with Gasteiger partial charge in [-0.15, -0.1) is 0 Å². The maximum Gasteiger partial charge on any atom is 0.388 e. The smallest absolute Gasteiger partial charge is 0.388 e. The van der Waals surface area contributed by atoms with Crippen LogP contribution in [0, 0.1) is 12.3 Å². The summed E-state index contributed by atoms with van der Waals surface area (Å²) in [6.45, 7) is 3.02. The number of likely N-dealkylation sites (tertiary alicyclic amines) is 1. The highest BCUT2D eigenvalue weighted by molar-refractivity contribution is 6.03. The van der Waals surface area contributed by atoms with Crippen molar-refractivity contribution in [2.45, 2.75) is 58.0 Å². The summed E-state index contributed by atoms with van der Waals surface area (Å²) < 4.78 is 35.9. The number of ether oxygens (including phenoxy) is 2. The molecule has 1 aromatic carbocycles. The molecule has 9 nitrogen and oxygen atoms in total. The Balaban J connectivity index is 1.64. The first kappa shape index (κ1) is 28.4. The van der Waals surface area contributed by atoms with Crippen LogP contribution in [0.4, 0.5) is 14.5 Å². The number of rotatable bonds is 9. The number of nitrogens with zero attached hydrogens (tertiary/aromatic N) is 2. The van der Waals surface area contributed by atoms with Gasteiger partial charge in [-0.1, -0.05) is 38.1 Å². The van der Waals surface area contributed by atoms with Crippen LogP contribution < -0.4 is 10.1 Å². The van der Waals surface area contributed by atoms with E-state index in [4.69, 9.17) is 4.74 Å². The van der Waals surface area contributed by atoms with Gasteiger partial charge in [-0.2, -0.15) is 8.78 Å². The van der Waals surface area contributed by atoms with Crippen LogP contribution in [-0.4, -0.2) is 65.7 Å². The normalized spacial score (nSPS) is 18.0. The number of anilines is 1. The Morgan fingerprint density at radius 1 is 1.13 bits per heavy atom. The second-order valence-electron chi connectivity index (χ2n) is 10.6. The highest BCUT2D eigenvalue weighted by Crippen LogP contribution is 2.43. The van der Waals surface area contributed by atoms with E-state index in [2.05, 4.69) is 15.0 Å². The second kappa shape index (κ2) is 11.3. The van der Waals surface area contributed by atoms with Crippen molar-refractivity contribution in [1.82, 2.24) is 9.88 Å². The third kappa shape index (κ3) is 5.73. The summed E-state index contributed by atoms with van der Waals surface area (Å²) in [5, 5.41) is 12.6. The van der Waals surface area contributed by atoms with Crippen LogP contribution in [0.2, 0.25) is 0 Å². The topological polar surface area (TPSA) is 118 Å². The minimum atomic E-state index is -3.13. The number of halogens is 2. The molecule has 0 radical (unpaired) electrons. The van der Waals surface area contributed by atoms with Gasteiger partial charge in [-0.3, -0.25) is 14.4 Å². The van der Waals surface area contributed by atoms with Gasteiger partial charge in [0.1, 0.15) is 11.1 Å². The van der Waals surface area contributed by atoms with Crippen LogP contribution in [0.15, 0.2) is 36.4 Å². The Labute approximate surface area is 225 Å². The fourth-order valence-electron chi connectivity index (χ4n) is 5.33. The third-order valence-corrected chi connectivity index (χ3v) is 7.65. The molecule has 1 aromatic heterocycles. The number of carbonyl (C=O) groups is 3. The van der Waals surface area contributed by atoms with Gasteiger partial charge in [0.2, 0.25) is 17.7 Å². The summed E-state index contributed by atoms with van der Waals surface area (Å²) in [7, 11) is 0. The van der Waals surface area contributed by atoms with E-state index in [1.54, 1.807) is 19.1 Å². The number of carbonyl (C=O) groups excluding carboxylic acids is 2. The highest BCUT2D eigenvalue weighted by atomic mass is 19.3. The molecule has 4 rings (SSSR count). The van der Waals surface area contributed by atoms with E-state index in [1.807, 2.05) is 32.0 Å². The van der Waals surface area contributed by atoms with Crippen molar-refractivity contribution in [3.63, 3.8) is 0 Å². The molecule has 2 aliphatic heterocycles. The predicted octanol–water partition coefficient (Wildman–Crippen LogP) is 4.11. The van der Waals surface area contributed by atoms with Crippen LogP contribution in [0.3, 0.4) is 0 Å². The van der Waals surface area contributed by atoms with Crippen molar-refractivity contribution >= 4 is 23.5 Å². The quantitative estimate of drug-likeness (QED) is 0.487. The number of carboxylic acids is 1. The number of aryl methyl sites for hydroxylation is 1. The molecule has 0 unspecified atom stereocenters. The van der Waals surface area contributed by atoms with E-state index in [1.165, 1.54) is 11.0 Å². The molecule has 39 heavy (non-hydrogen) atoms. The molecule has 3 heterocycles. The zero-order chi connectivity index (χ0) is 28.4. The third-order valence-electron chi connectivity index (χ3n) is 7.65. The lowest BCUT2D eigenvalue weighted by Crippen LogP contribution is -2.67. The van der Waals surface area contributed by atoms with E-state index in [0.29, 0.717) is 5.69 Å². The summed E-state index contributed by atoms with van der Waals surface area (Å²) in [5.41, 5.74) is -0.334. The number of aliphatic carboxylic acids is 1. The van der Waals surface area contributed by atoms with E-state index < -0.39 is 35.2 Å². The molecule has 0 atom stereocenters. The Bertz CT molecular complexity index is 1240. The number of amides is 2. The van der Waals surface area contributed by atoms with Crippen molar-refractivity contribution in [2.75, 3.05) is 31.6 Å². The Morgan fingerprint density at radius 2 is 1.79 bits per heavy atom. The molecular formula is C28H33F2N3O6. The van der Waals surface area contributed by atoms with Gasteiger partial charge in [0, 0.05) is 38.4 Å². The van der Waals surface area contributed by atoms with Crippen molar-refractivity contribution in [1.29, 1.82) is 0 Å². The molecule has 2 N–H and O–H groups in total. The monoisotopic (exact) mass is 545 g/mol. The first-order valence-corrected chi connectivity index (χ1v) is 12.9. The lowest BCUT2D eigenvalue weighted by atomic mass is 9.69. The number of alkyl halides is 2. The number of pyridine rings is 1. The molecule has 2 saturated heterocycles. The van der Waals surface area contributed by atoms with E-state index in [9.17, 15) is 28.3 Å². The Kier molecular flexibility index (Phi) is 8.20. The van der Waals surface area contributed by atoms with Crippen molar-refractivity contribution in [3.05, 3.63) is 53.2 Å². The summed E-state index contributed by atoms with van der Waals surface area (Å²) in [6, 6.07) is 10.4. The van der Waals surface area contributed by atoms with Gasteiger partial charge in [0.15, 0.2) is 0 Å². The average molecular weight is 546 g/mol. The molecule has 0 saturated carbocycles. The standard InChI is InChI=1S/C28H33F2N3O6/c1-17(2)19-6-4-5-7-20(19)28(24(35)32-21-9-8-18(3)31-23(21)39-26(29)30)15-33(16-28)22(34)14-27(25(36)37)10-12-38-13-11-27/h4-9,17,26H,10-16H2,1-3H3,(H,32,35)(H,36,37). The van der Waals surface area contributed by atoms with Gasteiger partial charge >= 0.3 is 12.6 Å². The predicted molar refractivity (Wildman–Crippen MR) is 138 cm³/mol. The van der Waals surface area contributed by atoms with Crippen molar-refractivity contribution < 1.29 is 37.7 Å². The number of benzene rings is 1. The van der Waals surface area contributed by atoms with E-state index in [0.717, 1.165) is 11.1 Å². The minimum Gasteiger partial charge on any atom is -0.481 e. The summed E-state index contributed by atoms with van der Waals surface area (Å²) in [6.07, 6.45) is 0.275. The minimum absolute atomic E-state index is 0.0101. The summed E-state index contributed by atoms with van der Waals surface area (Å²) in [4.78, 5) is 44.8. The number of hydrogen-bond donors (Lipinski definition) is 2. The van der Waals surface area contributed by atoms with Crippen LogP contribution in [0.1, 0.15) is 55.8 Å². The molecule has 210 valence electrons. The summed E-state index contributed by atoms with van der Waals surface area (Å²) >= 11 is 0. The van der Waals surface area contributed by atoms with Crippen LogP contribution in [-0.2, 0) is 24.5 Å². The fraction of sp³-hybridized carbons (Fsp3) is 0.500. The maximum absolute atomic E-state index is 13.9. The molecule has 0 bridgehead atoms. The SMILES string of the molecule is Cc1ccc(NC(=O)C2(c3ccccc3C(C)C)CN(C(=O)CC3(C(=O)O)CCOCC3)C2)c(OC(F)F)n1. The van der Waals surface area contributed by atoms with Crippen LogP contribution >= 0.6 is 0 Å². The van der Waals surface area contributed by atoms with Crippen molar-refractivity contribution in [3.8, 4) is 5.88 Å². The Hall–Kier alpha value is -3.60. The average Bonchev–Trinajstić information content (AvgIpc) is 2.85. The lowest BCUT2D eigenvalue weighted by Gasteiger charge is -2.50. The van der Waals surface area contributed by atoms with Gasteiger partial charge in [-0.25, -0.2) is 4.98 Å². The molecule has 0 aliphatic carbocycles. The fourth-order valence-corrected chi connectivity index (χ4v) is 5.33. The van der Waals surface area contributed by atoms with Crippen LogP contribution in [0.5, 0.6) is 5.88 Å². The first-order valence-electron chi connectivity index (χ1n) is 12.9. The first-order chi connectivity index (χ1) is 18.5. The molecular weight excluding hydrogens is 512 g/mol. The maximum atomic E-state index is 13.9. The zero-order valence-electron chi connectivity index (χ0n) is 22.2. The van der Waals surface area contributed by atoms with Gasteiger partial charge < -0.3 is 24.8 Å². The number of carboxylic acid groups (broad SMARTS) is 1. The number of aromatic nitrogens is 1. The van der Waals surface area contributed by atoms with Gasteiger partial charge in [-0.05, 0) is 48.9 Å². The van der Waals surface area contributed by atoms with E-state index >= 15 is 0 Å². The zero-order valence-corrected chi connectivity index (χ0v) is 22.2. The second-order valence-corrected chi connectivity index (χ2v) is 10.6. The summed E-state index contributed by atoms with van der Waals surface area (Å²) in [5.74, 6) is -2.23. The number of hydrogen-bond acceptors (Lipinski definition) is 6. The van der Waals surface area contributed by atoms with Gasteiger partial charge in [0.05, 0.1) is 5.41 Å². The highest BCUT2D eigenvalue weighted by Gasteiger charge is 2.55. The molecule has 2 aliphatic rings. The van der Waals surface area contributed by atoms with Gasteiger partial charge in [0.25, 0.3) is 0 Å². The molecule has 0 spiro atoms. The van der Waals surface area contributed by atoms with Crippen molar-refractivity contribution in [2.24, 2.45) is 5.41 Å². The van der Waals surface area contributed by atoms with E-state index in [-0.39, 0.29) is 63.1 Å². The van der Waals surface area contributed by atoms with Crippen LogP contribution in [0.25, 0.3) is 0 Å². The Morgan fingerprint density at radius 3 is 2.41 bits per heavy atom. The molecule has 11 heteroatoms.